The van der Waals surface area contributed by atoms with Crippen LogP contribution in [0, 0.1) is 5.92 Å². The number of nitrogens with two attached hydrogens (primary N) is 1. The van der Waals surface area contributed by atoms with E-state index in [-0.39, 0.29) is 5.54 Å². The average Bonchev–Trinajstić information content (AvgIpc) is 2.79. The molecular formula is C12H22N4. The van der Waals surface area contributed by atoms with E-state index in [0.29, 0.717) is 0 Å². The molecule has 0 spiro atoms. The molecule has 1 heterocycles. The van der Waals surface area contributed by atoms with Gasteiger partial charge in [0.15, 0.2) is 5.82 Å². The summed E-state index contributed by atoms with van der Waals surface area (Å²) >= 11 is 0. The van der Waals surface area contributed by atoms with Crippen LogP contribution in [0.3, 0.4) is 0 Å². The molecule has 1 aromatic heterocycles. The molecule has 2 rings (SSSR count). The minimum Gasteiger partial charge on any atom is -0.319 e. The highest BCUT2D eigenvalue weighted by atomic mass is 15.3. The van der Waals surface area contributed by atoms with Crippen LogP contribution in [0.5, 0.6) is 0 Å². The number of hydrogen-bond donors (Lipinski definition) is 1. The van der Waals surface area contributed by atoms with Crippen molar-refractivity contribution in [3.63, 3.8) is 0 Å². The maximum atomic E-state index is 6.49. The minimum absolute atomic E-state index is 0.238. The molecule has 2 N–H and O–H groups in total. The molecule has 0 atom stereocenters. The van der Waals surface area contributed by atoms with E-state index in [9.17, 15) is 0 Å². The van der Waals surface area contributed by atoms with Crippen LogP contribution in [0.2, 0.25) is 0 Å². The zero-order valence-electron chi connectivity index (χ0n) is 10.3. The van der Waals surface area contributed by atoms with Gasteiger partial charge in [-0.3, -0.25) is 0 Å². The fourth-order valence-corrected chi connectivity index (χ4v) is 2.70. The molecule has 4 heteroatoms. The van der Waals surface area contributed by atoms with Gasteiger partial charge in [0.2, 0.25) is 0 Å². The van der Waals surface area contributed by atoms with Gasteiger partial charge in [-0.15, -0.1) is 10.2 Å². The Hall–Kier alpha value is -0.900. The van der Waals surface area contributed by atoms with Crippen LogP contribution < -0.4 is 5.73 Å². The highest BCUT2D eigenvalue weighted by Gasteiger charge is 2.36. The maximum Gasteiger partial charge on any atom is 0.152 e. The standard InChI is InChI=1S/C12H22N4/c1-3-10-5-7-12(13,8-6-10)11-15-14-9-16(11)4-2/h9-10H,3-8,13H2,1-2H3. The monoisotopic (exact) mass is 222 g/mol. The predicted octanol–water partition coefficient (Wildman–Crippen LogP) is 2.05. The van der Waals surface area contributed by atoms with E-state index >= 15 is 0 Å². The first-order chi connectivity index (χ1) is 7.69. The Kier molecular flexibility index (Phi) is 3.28. The predicted molar refractivity (Wildman–Crippen MR) is 63.8 cm³/mol. The average molecular weight is 222 g/mol. The van der Waals surface area contributed by atoms with E-state index < -0.39 is 0 Å². The molecule has 0 radical (unpaired) electrons. The lowest BCUT2D eigenvalue weighted by Gasteiger charge is -2.36. The molecule has 1 aromatic rings. The molecule has 0 unspecified atom stereocenters. The first-order valence-electron chi connectivity index (χ1n) is 6.36. The number of nitrogens with zero attached hydrogens (tertiary/aromatic N) is 3. The molecule has 0 bridgehead atoms. The first kappa shape index (κ1) is 11.6. The fourth-order valence-electron chi connectivity index (χ4n) is 2.70. The summed E-state index contributed by atoms with van der Waals surface area (Å²) in [5.74, 6) is 1.83. The minimum atomic E-state index is -0.238. The van der Waals surface area contributed by atoms with Gasteiger partial charge in [0.05, 0.1) is 5.54 Å². The van der Waals surface area contributed by atoms with Crippen LogP contribution in [0.4, 0.5) is 0 Å². The summed E-state index contributed by atoms with van der Waals surface area (Å²) in [6, 6.07) is 0. The van der Waals surface area contributed by atoms with E-state index in [2.05, 4.69) is 28.6 Å². The third-order valence-corrected chi connectivity index (χ3v) is 3.98. The molecule has 1 fully saturated rings. The van der Waals surface area contributed by atoms with Gasteiger partial charge in [-0.25, -0.2) is 0 Å². The fraction of sp³-hybridized carbons (Fsp3) is 0.833. The second kappa shape index (κ2) is 4.53. The van der Waals surface area contributed by atoms with Crippen LogP contribution in [0.25, 0.3) is 0 Å². The molecule has 0 aromatic carbocycles. The summed E-state index contributed by atoms with van der Waals surface area (Å²) in [5.41, 5.74) is 6.26. The largest absolute Gasteiger partial charge is 0.319 e. The van der Waals surface area contributed by atoms with E-state index in [1.54, 1.807) is 6.33 Å². The summed E-state index contributed by atoms with van der Waals surface area (Å²) in [6.45, 7) is 5.27. The summed E-state index contributed by atoms with van der Waals surface area (Å²) in [6.07, 6.45) is 7.61. The van der Waals surface area contributed by atoms with Crippen molar-refractivity contribution in [3.8, 4) is 0 Å². The number of aromatic nitrogens is 3. The van der Waals surface area contributed by atoms with Crippen molar-refractivity contribution in [2.24, 2.45) is 11.7 Å². The van der Waals surface area contributed by atoms with Crippen molar-refractivity contribution in [2.45, 2.75) is 58.0 Å². The van der Waals surface area contributed by atoms with E-state index in [0.717, 1.165) is 31.1 Å². The highest BCUT2D eigenvalue weighted by Crippen LogP contribution is 2.37. The quantitative estimate of drug-likeness (QED) is 0.851. The van der Waals surface area contributed by atoms with Gasteiger partial charge >= 0.3 is 0 Å². The molecule has 0 aliphatic heterocycles. The zero-order chi connectivity index (χ0) is 11.6. The topological polar surface area (TPSA) is 56.7 Å². The summed E-state index contributed by atoms with van der Waals surface area (Å²) < 4.78 is 2.08. The smallest absolute Gasteiger partial charge is 0.152 e. The number of rotatable bonds is 3. The summed E-state index contributed by atoms with van der Waals surface area (Å²) in [4.78, 5) is 0. The first-order valence-corrected chi connectivity index (χ1v) is 6.36. The van der Waals surface area contributed by atoms with Crippen LogP contribution in [-0.4, -0.2) is 14.8 Å². The highest BCUT2D eigenvalue weighted by molar-refractivity contribution is 5.07. The number of hydrogen-bond acceptors (Lipinski definition) is 3. The zero-order valence-corrected chi connectivity index (χ0v) is 10.3. The van der Waals surface area contributed by atoms with Gasteiger partial charge in [-0.2, -0.15) is 0 Å². The lowest BCUT2D eigenvalue weighted by molar-refractivity contribution is 0.216. The van der Waals surface area contributed by atoms with Gasteiger partial charge in [0.1, 0.15) is 6.33 Å². The van der Waals surface area contributed by atoms with E-state index in [4.69, 9.17) is 5.73 Å². The third kappa shape index (κ3) is 1.98. The molecule has 16 heavy (non-hydrogen) atoms. The van der Waals surface area contributed by atoms with Crippen molar-refractivity contribution in [1.29, 1.82) is 0 Å². The Bertz CT molecular complexity index is 337. The Morgan fingerprint density at radius 3 is 2.69 bits per heavy atom. The summed E-state index contributed by atoms with van der Waals surface area (Å²) in [7, 11) is 0. The van der Waals surface area contributed by atoms with Crippen molar-refractivity contribution >= 4 is 0 Å². The van der Waals surface area contributed by atoms with Gasteiger partial charge < -0.3 is 10.3 Å². The molecule has 1 saturated carbocycles. The second-order valence-corrected chi connectivity index (χ2v) is 4.95. The Morgan fingerprint density at radius 2 is 2.12 bits per heavy atom. The van der Waals surface area contributed by atoms with Crippen LogP contribution in [0.15, 0.2) is 6.33 Å². The van der Waals surface area contributed by atoms with Crippen LogP contribution in [-0.2, 0) is 12.1 Å². The van der Waals surface area contributed by atoms with Crippen molar-refractivity contribution in [1.82, 2.24) is 14.8 Å². The number of aryl methyl sites for hydroxylation is 1. The molecule has 1 aliphatic carbocycles. The van der Waals surface area contributed by atoms with Crippen molar-refractivity contribution in [2.75, 3.05) is 0 Å². The van der Waals surface area contributed by atoms with E-state index in [1.165, 1.54) is 19.3 Å². The molecular weight excluding hydrogens is 200 g/mol. The van der Waals surface area contributed by atoms with Gasteiger partial charge in [-0.1, -0.05) is 13.3 Å². The molecule has 0 amide bonds. The maximum absolute atomic E-state index is 6.49. The lowest BCUT2D eigenvalue weighted by Crippen LogP contribution is -2.42. The summed E-state index contributed by atoms with van der Waals surface area (Å²) in [5, 5.41) is 8.21. The van der Waals surface area contributed by atoms with Crippen LogP contribution >= 0.6 is 0 Å². The van der Waals surface area contributed by atoms with Crippen molar-refractivity contribution < 1.29 is 0 Å². The van der Waals surface area contributed by atoms with Crippen molar-refractivity contribution in [3.05, 3.63) is 12.2 Å². The SMILES string of the molecule is CCC1CCC(N)(c2nncn2CC)CC1. The van der Waals surface area contributed by atoms with Gasteiger partial charge in [0.25, 0.3) is 0 Å². The molecule has 4 nitrogen and oxygen atoms in total. The lowest BCUT2D eigenvalue weighted by atomic mass is 9.75. The molecule has 90 valence electrons. The molecule has 1 aliphatic rings. The third-order valence-electron chi connectivity index (χ3n) is 3.98. The van der Waals surface area contributed by atoms with Gasteiger partial charge in [0, 0.05) is 6.54 Å². The second-order valence-electron chi connectivity index (χ2n) is 4.95. The Balaban J connectivity index is 2.14. The molecule has 0 saturated heterocycles. The normalized spacial score (nSPS) is 30.6. The Labute approximate surface area is 97.2 Å². The van der Waals surface area contributed by atoms with E-state index in [1.807, 2.05) is 0 Å². The Morgan fingerprint density at radius 1 is 1.44 bits per heavy atom. The van der Waals surface area contributed by atoms with Crippen LogP contribution in [0.1, 0.15) is 51.8 Å². The van der Waals surface area contributed by atoms with Gasteiger partial charge in [-0.05, 0) is 38.5 Å².